The van der Waals surface area contributed by atoms with Crippen molar-refractivity contribution >= 4 is 10.0 Å². The van der Waals surface area contributed by atoms with Crippen molar-refractivity contribution in [2.45, 2.75) is 24.6 Å². The van der Waals surface area contributed by atoms with E-state index in [2.05, 4.69) is 20.0 Å². The first-order valence-electron chi connectivity index (χ1n) is 5.62. The molecule has 0 bridgehead atoms. The Hall–Kier alpha value is -1.05. The summed E-state index contributed by atoms with van der Waals surface area (Å²) in [6.45, 7) is 1.76. The first-order chi connectivity index (χ1) is 8.18. The molecule has 1 saturated heterocycles. The molecule has 0 aromatic carbocycles. The fourth-order valence-corrected chi connectivity index (χ4v) is 3.26. The molecule has 2 N–H and O–H groups in total. The smallest absolute Gasteiger partial charge is 0.214 e. The zero-order valence-electron chi connectivity index (χ0n) is 9.46. The SMILES string of the molecule is O=S(=O)(NCc1ccncn1)C1CCNCC1. The van der Waals surface area contributed by atoms with Crippen molar-refractivity contribution in [3.8, 4) is 0 Å². The number of nitrogens with zero attached hydrogens (tertiary/aromatic N) is 2. The van der Waals surface area contributed by atoms with Gasteiger partial charge in [0.1, 0.15) is 6.33 Å². The Balaban J connectivity index is 1.93. The van der Waals surface area contributed by atoms with Crippen molar-refractivity contribution in [3.63, 3.8) is 0 Å². The fourth-order valence-electron chi connectivity index (χ4n) is 1.82. The Morgan fingerprint density at radius 1 is 1.41 bits per heavy atom. The number of aromatic nitrogens is 2. The van der Waals surface area contributed by atoms with Crippen LogP contribution in [0.25, 0.3) is 0 Å². The molecular formula is C10H16N4O2S. The average molecular weight is 256 g/mol. The highest BCUT2D eigenvalue weighted by molar-refractivity contribution is 7.90. The minimum absolute atomic E-state index is 0.231. The molecule has 2 rings (SSSR count). The zero-order chi connectivity index (χ0) is 12.1. The number of nitrogens with one attached hydrogen (secondary N) is 2. The Labute approximate surface area is 101 Å². The van der Waals surface area contributed by atoms with Crippen LogP contribution in [0.2, 0.25) is 0 Å². The van der Waals surface area contributed by atoms with Gasteiger partial charge in [0.15, 0.2) is 0 Å². The first-order valence-corrected chi connectivity index (χ1v) is 7.17. The van der Waals surface area contributed by atoms with Crippen LogP contribution >= 0.6 is 0 Å². The molecular weight excluding hydrogens is 240 g/mol. The highest BCUT2D eigenvalue weighted by Crippen LogP contribution is 2.12. The van der Waals surface area contributed by atoms with Gasteiger partial charge in [0.05, 0.1) is 17.5 Å². The highest BCUT2D eigenvalue weighted by Gasteiger charge is 2.26. The third-order valence-electron chi connectivity index (χ3n) is 2.82. The van der Waals surface area contributed by atoms with Crippen LogP contribution in [0.4, 0.5) is 0 Å². The van der Waals surface area contributed by atoms with E-state index in [1.165, 1.54) is 6.33 Å². The monoisotopic (exact) mass is 256 g/mol. The molecule has 0 atom stereocenters. The topological polar surface area (TPSA) is 84.0 Å². The van der Waals surface area contributed by atoms with Gasteiger partial charge in [-0.25, -0.2) is 23.1 Å². The van der Waals surface area contributed by atoms with Crippen LogP contribution in [0.1, 0.15) is 18.5 Å². The maximum Gasteiger partial charge on any atom is 0.214 e. The number of hydrogen-bond donors (Lipinski definition) is 2. The lowest BCUT2D eigenvalue weighted by Gasteiger charge is -2.22. The molecule has 0 unspecified atom stereocenters. The lowest BCUT2D eigenvalue weighted by atomic mass is 10.2. The highest BCUT2D eigenvalue weighted by atomic mass is 32.2. The molecule has 0 saturated carbocycles. The van der Waals surface area contributed by atoms with Gasteiger partial charge >= 0.3 is 0 Å². The van der Waals surface area contributed by atoms with Crippen LogP contribution in [0, 0.1) is 0 Å². The number of sulfonamides is 1. The zero-order valence-corrected chi connectivity index (χ0v) is 10.3. The van der Waals surface area contributed by atoms with Crippen LogP contribution in [0.5, 0.6) is 0 Å². The van der Waals surface area contributed by atoms with Crippen molar-refractivity contribution in [2.75, 3.05) is 13.1 Å². The van der Waals surface area contributed by atoms with Gasteiger partial charge in [-0.15, -0.1) is 0 Å². The van der Waals surface area contributed by atoms with E-state index in [1.54, 1.807) is 12.3 Å². The predicted octanol–water partition coefficient (Wildman–Crippen LogP) is -0.352. The standard InChI is InChI=1S/C10H16N4O2S/c15-17(16,10-2-5-11-6-3-10)14-7-9-1-4-12-8-13-9/h1,4,8,10-11,14H,2-3,5-7H2. The summed E-state index contributed by atoms with van der Waals surface area (Å²) in [6.07, 6.45) is 4.34. The van der Waals surface area contributed by atoms with Crippen LogP contribution in [0.3, 0.4) is 0 Å². The lowest BCUT2D eigenvalue weighted by molar-refractivity contribution is 0.489. The summed E-state index contributed by atoms with van der Waals surface area (Å²) in [7, 11) is -3.23. The van der Waals surface area contributed by atoms with Crippen molar-refractivity contribution in [1.29, 1.82) is 0 Å². The molecule has 7 heteroatoms. The molecule has 17 heavy (non-hydrogen) atoms. The Bertz CT molecular complexity index is 443. The number of piperidine rings is 1. The van der Waals surface area contributed by atoms with E-state index >= 15 is 0 Å². The van der Waals surface area contributed by atoms with E-state index in [0.29, 0.717) is 18.5 Å². The lowest BCUT2D eigenvalue weighted by Crippen LogP contribution is -2.41. The molecule has 0 radical (unpaired) electrons. The predicted molar refractivity (Wildman–Crippen MR) is 63.7 cm³/mol. The summed E-state index contributed by atoms with van der Waals surface area (Å²) in [5.74, 6) is 0. The molecule has 6 nitrogen and oxygen atoms in total. The molecule has 1 fully saturated rings. The molecule has 1 aromatic rings. The Kier molecular flexibility index (Phi) is 4.03. The van der Waals surface area contributed by atoms with E-state index < -0.39 is 10.0 Å². The van der Waals surface area contributed by atoms with Gasteiger partial charge in [0, 0.05) is 6.20 Å². The van der Waals surface area contributed by atoms with Gasteiger partial charge in [-0.1, -0.05) is 0 Å². The van der Waals surface area contributed by atoms with Crippen LogP contribution in [-0.2, 0) is 16.6 Å². The van der Waals surface area contributed by atoms with Crippen LogP contribution in [-0.4, -0.2) is 36.7 Å². The Morgan fingerprint density at radius 3 is 2.82 bits per heavy atom. The van der Waals surface area contributed by atoms with Gasteiger partial charge in [-0.2, -0.15) is 0 Å². The van der Waals surface area contributed by atoms with E-state index in [-0.39, 0.29) is 11.8 Å². The molecule has 94 valence electrons. The number of hydrogen-bond acceptors (Lipinski definition) is 5. The first kappa shape index (κ1) is 12.4. The van der Waals surface area contributed by atoms with Gasteiger partial charge in [0.25, 0.3) is 0 Å². The average Bonchev–Trinajstić information content (AvgIpc) is 2.39. The molecule has 0 spiro atoms. The second-order valence-corrected chi connectivity index (χ2v) is 6.06. The second-order valence-electron chi connectivity index (χ2n) is 4.02. The molecule has 1 aromatic heterocycles. The summed E-state index contributed by atoms with van der Waals surface area (Å²) >= 11 is 0. The molecule has 0 aliphatic carbocycles. The maximum absolute atomic E-state index is 12.0. The summed E-state index contributed by atoms with van der Waals surface area (Å²) in [6, 6.07) is 1.70. The molecule has 0 amide bonds. The quantitative estimate of drug-likeness (QED) is 0.769. The van der Waals surface area contributed by atoms with Gasteiger partial charge < -0.3 is 5.32 Å². The van der Waals surface area contributed by atoms with Crippen molar-refractivity contribution in [3.05, 3.63) is 24.3 Å². The molecule has 1 aliphatic rings. The Morgan fingerprint density at radius 2 is 2.18 bits per heavy atom. The summed E-state index contributed by atoms with van der Waals surface area (Å²) in [5.41, 5.74) is 0.678. The molecule has 2 heterocycles. The van der Waals surface area contributed by atoms with Gasteiger partial charge in [0.2, 0.25) is 10.0 Å². The van der Waals surface area contributed by atoms with E-state index in [1.807, 2.05) is 0 Å². The second kappa shape index (κ2) is 5.52. The fraction of sp³-hybridized carbons (Fsp3) is 0.600. The van der Waals surface area contributed by atoms with Crippen LogP contribution < -0.4 is 10.0 Å². The minimum atomic E-state index is -3.23. The van der Waals surface area contributed by atoms with Crippen molar-refractivity contribution in [2.24, 2.45) is 0 Å². The summed E-state index contributed by atoms with van der Waals surface area (Å²) < 4.78 is 26.6. The van der Waals surface area contributed by atoms with Gasteiger partial charge in [-0.05, 0) is 32.0 Å². The van der Waals surface area contributed by atoms with Crippen molar-refractivity contribution in [1.82, 2.24) is 20.0 Å². The van der Waals surface area contributed by atoms with Gasteiger partial charge in [-0.3, -0.25) is 0 Å². The van der Waals surface area contributed by atoms with Crippen molar-refractivity contribution < 1.29 is 8.42 Å². The third kappa shape index (κ3) is 3.45. The largest absolute Gasteiger partial charge is 0.317 e. The number of rotatable bonds is 4. The van der Waals surface area contributed by atoms with E-state index in [9.17, 15) is 8.42 Å². The van der Waals surface area contributed by atoms with Crippen LogP contribution in [0.15, 0.2) is 18.6 Å². The normalized spacial score (nSPS) is 18.1. The van der Waals surface area contributed by atoms with E-state index in [4.69, 9.17) is 0 Å². The molecule has 1 aliphatic heterocycles. The summed E-state index contributed by atoms with van der Waals surface area (Å²) in [5, 5.41) is 2.86. The third-order valence-corrected chi connectivity index (χ3v) is 4.72. The maximum atomic E-state index is 12.0. The van der Waals surface area contributed by atoms with E-state index in [0.717, 1.165) is 13.1 Å². The minimum Gasteiger partial charge on any atom is -0.317 e. The summed E-state index contributed by atoms with van der Waals surface area (Å²) in [4.78, 5) is 7.76.